The molecule has 0 bridgehead atoms. The van der Waals surface area contributed by atoms with Crippen LogP contribution in [0.1, 0.15) is 24.0 Å². The van der Waals surface area contributed by atoms with Gasteiger partial charge in [0.05, 0.1) is 28.0 Å². The van der Waals surface area contributed by atoms with E-state index < -0.39 is 0 Å². The molecule has 130 valence electrons. The van der Waals surface area contributed by atoms with Crippen LogP contribution in [0, 0.1) is 11.3 Å². The average Bonchev–Trinajstić information content (AvgIpc) is 2.83. The van der Waals surface area contributed by atoms with E-state index in [1.54, 1.807) is 18.2 Å². The molecule has 1 aliphatic rings. The molecule has 0 spiro atoms. The van der Waals surface area contributed by atoms with Crippen LogP contribution in [0.3, 0.4) is 0 Å². The molecule has 0 saturated heterocycles. The Kier molecular flexibility index (Phi) is 4.58. The Labute approximate surface area is 162 Å². The van der Waals surface area contributed by atoms with Crippen molar-refractivity contribution in [2.24, 2.45) is 0 Å². The number of anilines is 1. The Balaban J connectivity index is 1.90. The van der Waals surface area contributed by atoms with Crippen molar-refractivity contribution in [2.75, 3.05) is 11.9 Å². The van der Waals surface area contributed by atoms with Gasteiger partial charge >= 0.3 is 0 Å². The van der Waals surface area contributed by atoms with Crippen molar-refractivity contribution in [3.63, 3.8) is 0 Å². The van der Waals surface area contributed by atoms with Gasteiger partial charge in [-0.2, -0.15) is 10.4 Å². The Bertz CT molecular complexity index is 1000. The summed E-state index contributed by atoms with van der Waals surface area (Å²) < 4.78 is 1.90. The number of hydrogen-bond donors (Lipinski definition) is 1. The van der Waals surface area contributed by atoms with Crippen LogP contribution in [-0.4, -0.2) is 16.3 Å². The van der Waals surface area contributed by atoms with Gasteiger partial charge in [0.2, 0.25) is 0 Å². The largest absolute Gasteiger partial charge is 0.370 e. The fourth-order valence-electron chi connectivity index (χ4n) is 3.26. The van der Waals surface area contributed by atoms with Crippen molar-refractivity contribution >= 4 is 29.0 Å². The molecular formula is C20H16Cl2N4. The monoisotopic (exact) mass is 382 g/mol. The zero-order valence-corrected chi connectivity index (χ0v) is 15.5. The lowest BCUT2D eigenvalue weighted by atomic mass is 10.0. The highest BCUT2D eigenvalue weighted by molar-refractivity contribution is 6.36. The van der Waals surface area contributed by atoms with Crippen molar-refractivity contribution in [3.8, 4) is 23.0 Å². The van der Waals surface area contributed by atoms with E-state index in [1.165, 1.54) is 0 Å². The average molecular weight is 383 g/mol. The summed E-state index contributed by atoms with van der Waals surface area (Å²) in [6.07, 6.45) is 3.14. The molecule has 6 heteroatoms. The van der Waals surface area contributed by atoms with Gasteiger partial charge in [-0.3, -0.25) is 0 Å². The van der Waals surface area contributed by atoms with Gasteiger partial charge in [-0.25, -0.2) is 4.68 Å². The van der Waals surface area contributed by atoms with Crippen LogP contribution in [-0.2, 0) is 6.42 Å². The number of benzene rings is 2. The third-order valence-corrected chi connectivity index (χ3v) is 5.10. The number of nitrogens with zero attached hydrogens (tertiary/aromatic N) is 3. The van der Waals surface area contributed by atoms with Crippen molar-refractivity contribution in [3.05, 3.63) is 63.6 Å². The van der Waals surface area contributed by atoms with E-state index in [2.05, 4.69) is 11.4 Å². The second-order valence-corrected chi connectivity index (χ2v) is 7.10. The summed E-state index contributed by atoms with van der Waals surface area (Å²) in [6, 6.07) is 15.1. The summed E-state index contributed by atoms with van der Waals surface area (Å²) in [4.78, 5) is 0. The molecule has 0 aliphatic carbocycles. The maximum absolute atomic E-state index is 9.02. The van der Waals surface area contributed by atoms with E-state index in [0.29, 0.717) is 15.6 Å². The van der Waals surface area contributed by atoms with Gasteiger partial charge in [0, 0.05) is 22.7 Å². The molecule has 0 amide bonds. The van der Waals surface area contributed by atoms with Gasteiger partial charge in [0.25, 0.3) is 0 Å². The lowest BCUT2D eigenvalue weighted by Crippen LogP contribution is -2.07. The predicted molar refractivity (Wildman–Crippen MR) is 105 cm³/mol. The summed E-state index contributed by atoms with van der Waals surface area (Å²) in [5, 5.41) is 18.6. The fourth-order valence-corrected chi connectivity index (χ4v) is 3.76. The van der Waals surface area contributed by atoms with Crippen molar-refractivity contribution in [1.82, 2.24) is 9.78 Å². The quantitative estimate of drug-likeness (QED) is 0.639. The normalized spacial score (nSPS) is 13.4. The first-order valence-electron chi connectivity index (χ1n) is 8.49. The third-order valence-electron chi connectivity index (χ3n) is 4.56. The molecule has 0 radical (unpaired) electrons. The summed E-state index contributed by atoms with van der Waals surface area (Å²) >= 11 is 12.5. The minimum atomic E-state index is 0.592. The van der Waals surface area contributed by atoms with Gasteiger partial charge in [0.15, 0.2) is 0 Å². The van der Waals surface area contributed by atoms with E-state index in [0.717, 1.165) is 54.1 Å². The predicted octanol–water partition coefficient (Wildman–Crippen LogP) is 5.47. The Morgan fingerprint density at radius 2 is 1.88 bits per heavy atom. The first-order valence-corrected chi connectivity index (χ1v) is 9.24. The summed E-state index contributed by atoms with van der Waals surface area (Å²) in [6.45, 7) is 0.906. The van der Waals surface area contributed by atoms with E-state index in [-0.39, 0.29) is 0 Å². The smallest absolute Gasteiger partial charge is 0.133 e. The van der Waals surface area contributed by atoms with Crippen molar-refractivity contribution in [1.29, 1.82) is 5.26 Å². The number of halogens is 2. The summed E-state index contributed by atoms with van der Waals surface area (Å²) in [5.74, 6) is 0.994. The van der Waals surface area contributed by atoms with Gasteiger partial charge in [-0.15, -0.1) is 0 Å². The van der Waals surface area contributed by atoms with Crippen LogP contribution >= 0.6 is 23.2 Å². The molecule has 1 aliphatic heterocycles. The first kappa shape index (κ1) is 17.0. The molecule has 4 rings (SSSR count). The number of nitrogens with one attached hydrogen (secondary N) is 1. The lowest BCUT2D eigenvalue weighted by molar-refractivity contribution is 0.780. The van der Waals surface area contributed by atoms with Crippen LogP contribution in [0.4, 0.5) is 5.82 Å². The molecule has 26 heavy (non-hydrogen) atoms. The van der Waals surface area contributed by atoms with E-state index in [4.69, 9.17) is 33.6 Å². The molecule has 3 aromatic rings. The number of fused-ring (bicyclic) bond motifs is 1. The van der Waals surface area contributed by atoms with Gasteiger partial charge in [-0.05, 0) is 61.7 Å². The third kappa shape index (κ3) is 3.05. The Hall–Kier alpha value is -2.48. The highest BCUT2D eigenvalue weighted by atomic mass is 35.5. The SMILES string of the molecule is N#Cc1ccc(-n2nc(-c3ccc(Cl)cc3Cl)c3c2NCCCC3)cc1. The van der Waals surface area contributed by atoms with Crippen molar-refractivity contribution < 1.29 is 0 Å². The zero-order valence-electron chi connectivity index (χ0n) is 14.0. The second kappa shape index (κ2) is 7.03. The fraction of sp³-hybridized carbons (Fsp3) is 0.200. The molecule has 0 unspecified atom stereocenters. The van der Waals surface area contributed by atoms with E-state index in [9.17, 15) is 0 Å². The van der Waals surface area contributed by atoms with Crippen LogP contribution in [0.2, 0.25) is 10.0 Å². The van der Waals surface area contributed by atoms with Gasteiger partial charge in [0.1, 0.15) is 5.82 Å². The molecule has 1 N–H and O–H groups in total. The zero-order chi connectivity index (χ0) is 18.1. The van der Waals surface area contributed by atoms with Gasteiger partial charge < -0.3 is 5.32 Å². The molecule has 1 aromatic heterocycles. The lowest BCUT2D eigenvalue weighted by Gasteiger charge is -2.09. The highest BCUT2D eigenvalue weighted by Crippen LogP contribution is 2.37. The topological polar surface area (TPSA) is 53.6 Å². The number of hydrogen-bond acceptors (Lipinski definition) is 3. The molecule has 2 heterocycles. The second-order valence-electron chi connectivity index (χ2n) is 6.25. The van der Waals surface area contributed by atoms with Crippen molar-refractivity contribution in [2.45, 2.75) is 19.3 Å². The molecule has 0 fully saturated rings. The molecule has 0 atom stereocenters. The molecular weight excluding hydrogens is 367 g/mol. The number of nitriles is 1. The minimum absolute atomic E-state index is 0.592. The molecule has 4 nitrogen and oxygen atoms in total. The molecule has 0 saturated carbocycles. The van der Waals surface area contributed by atoms with Gasteiger partial charge in [-0.1, -0.05) is 23.2 Å². The van der Waals surface area contributed by atoms with Crippen LogP contribution < -0.4 is 5.32 Å². The summed E-state index contributed by atoms with van der Waals surface area (Å²) in [5.41, 5.74) is 4.45. The first-order chi connectivity index (χ1) is 12.7. The highest BCUT2D eigenvalue weighted by Gasteiger charge is 2.23. The maximum atomic E-state index is 9.02. The Morgan fingerprint density at radius 1 is 1.08 bits per heavy atom. The number of rotatable bonds is 2. The summed E-state index contributed by atoms with van der Waals surface area (Å²) in [7, 11) is 0. The Morgan fingerprint density at radius 3 is 2.62 bits per heavy atom. The minimum Gasteiger partial charge on any atom is -0.370 e. The standard InChI is InChI=1S/C20H16Cl2N4/c21-14-6-9-16(18(22)11-14)19-17-3-1-2-10-24-20(17)26(25-19)15-7-4-13(12-23)5-8-15/h4-9,11,24H,1-3,10H2. The van der Waals surface area contributed by atoms with Crippen LogP contribution in [0.15, 0.2) is 42.5 Å². The molecule has 2 aromatic carbocycles. The van der Waals surface area contributed by atoms with E-state index >= 15 is 0 Å². The van der Waals surface area contributed by atoms with Crippen LogP contribution in [0.25, 0.3) is 16.9 Å². The maximum Gasteiger partial charge on any atom is 0.133 e. The van der Waals surface area contributed by atoms with E-state index in [1.807, 2.05) is 28.9 Å². The number of aromatic nitrogens is 2. The van der Waals surface area contributed by atoms with Crippen LogP contribution in [0.5, 0.6) is 0 Å².